The number of carbonyl (C=O) groups is 1. The zero-order chi connectivity index (χ0) is 14.8. The molecule has 5 nitrogen and oxygen atoms in total. The fourth-order valence-corrected chi connectivity index (χ4v) is 2.86. The van der Waals surface area contributed by atoms with Gasteiger partial charge in [0.2, 0.25) is 5.88 Å². The molecule has 3 rings (SSSR count). The van der Waals surface area contributed by atoms with E-state index in [9.17, 15) is 4.79 Å². The maximum absolute atomic E-state index is 11.0. The summed E-state index contributed by atoms with van der Waals surface area (Å²) in [6.07, 6.45) is 6.26. The minimum atomic E-state index is -0.959. The van der Waals surface area contributed by atoms with Crippen molar-refractivity contribution in [2.45, 2.75) is 38.7 Å². The average Bonchev–Trinajstić information content (AvgIpc) is 2.49. The highest BCUT2D eigenvalue weighted by atomic mass is 16.5. The van der Waals surface area contributed by atoms with Crippen LogP contribution in [0.5, 0.6) is 5.88 Å². The molecule has 21 heavy (non-hydrogen) atoms. The molecule has 0 aliphatic heterocycles. The summed E-state index contributed by atoms with van der Waals surface area (Å²) in [5.74, 6) is 0.108. The van der Waals surface area contributed by atoms with Crippen molar-refractivity contribution < 1.29 is 14.6 Å². The van der Waals surface area contributed by atoms with Crippen molar-refractivity contribution in [1.29, 1.82) is 0 Å². The van der Waals surface area contributed by atoms with Crippen molar-refractivity contribution in [2.75, 3.05) is 0 Å². The largest absolute Gasteiger partial charge is 0.478 e. The lowest BCUT2D eigenvalue weighted by Crippen LogP contribution is -2.28. The molecule has 1 saturated carbocycles. The number of carboxylic acids is 1. The van der Waals surface area contributed by atoms with Gasteiger partial charge in [0.25, 0.3) is 0 Å². The van der Waals surface area contributed by atoms with Crippen LogP contribution in [0, 0.1) is 5.92 Å². The molecule has 1 aliphatic rings. The van der Waals surface area contributed by atoms with E-state index in [0.717, 1.165) is 11.8 Å². The average molecular weight is 286 g/mol. The Morgan fingerprint density at radius 3 is 2.86 bits per heavy atom. The SMILES string of the molecule is CC1CCCCC1Oc1ncnc2cc(C(=O)O)ccc12. The zero-order valence-electron chi connectivity index (χ0n) is 12.0. The number of nitrogens with zero attached hydrogens (tertiary/aromatic N) is 2. The van der Waals surface area contributed by atoms with Gasteiger partial charge in [-0.05, 0) is 43.4 Å². The second-order valence-corrected chi connectivity index (χ2v) is 5.63. The summed E-state index contributed by atoms with van der Waals surface area (Å²) in [6, 6.07) is 4.84. The van der Waals surface area contributed by atoms with Crippen LogP contribution in [-0.4, -0.2) is 27.1 Å². The van der Waals surface area contributed by atoms with E-state index in [1.54, 1.807) is 18.2 Å². The summed E-state index contributed by atoms with van der Waals surface area (Å²) in [6.45, 7) is 2.20. The first kappa shape index (κ1) is 13.8. The van der Waals surface area contributed by atoms with E-state index in [2.05, 4.69) is 16.9 Å². The molecule has 0 radical (unpaired) electrons. The van der Waals surface area contributed by atoms with Gasteiger partial charge in [0, 0.05) is 0 Å². The Hall–Kier alpha value is -2.17. The summed E-state index contributed by atoms with van der Waals surface area (Å²) in [7, 11) is 0. The van der Waals surface area contributed by atoms with Gasteiger partial charge in [0.05, 0.1) is 16.5 Å². The molecule has 2 unspecified atom stereocenters. The fourth-order valence-electron chi connectivity index (χ4n) is 2.86. The number of fused-ring (bicyclic) bond motifs is 1. The summed E-state index contributed by atoms with van der Waals surface area (Å²) in [4.78, 5) is 19.4. The van der Waals surface area contributed by atoms with Gasteiger partial charge in [-0.25, -0.2) is 14.8 Å². The predicted molar refractivity (Wildman–Crippen MR) is 78.5 cm³/mol. The lowest BCUT2D eigenvalue weighted by molar-refractivity contribution is 0.0697. The van der Waals surface area contributed by atoms with Crippen LogP contribution in [-0.2, 0) is 0 Å². The van der Waals surface area contributed by atoms with Gasteiger partial charge in [0.15, 0.2) is 0 Å². The molecule has 0 bridgehead atoms. The Balaban J connectivity index is 1.93. The third kappa shape index (κ3) is 2.82. The molecule has 0 spiro atoms. The van der Waals surface area contributed by atoms with E-state index in [1.807, 2.05) is 0 Å². The van der Waals surface area contributed by atoms with Crippen LogP contribution >= 0.6 is 0 Å². The van der Waals surface area contributed by atoms with Crippen LogP contribution in [0.15, 0.2) is 24.5 Å². The van der Waals surface area contributed by atoms with Crippen molar-refractivity contribution in [3.63, 3.8) is 0 Å². The van der Waals surface area contributed by atoms with Gasteiger partial charge in [-0.15, -0.1) is 0 Å². The molecular weight excluding hydrogens is 268 g/mol. The number of hydrogen-bond donors (Lipinski definition) is 1. The number of rotatable bonds is 3. The van der Waals surface area contributed by atoms with E-state index in [1.165, 1.54) is 25.6 Å². The molecule has 1 aromatic heterocycles. The van der Waals surface area contributed by atoms with Crippen LogP contribution in [0.1, 0.15) is 43.0 Å². The topological polar surface area (TPSA) is 72.3 Å². The summed E-state index contributed by atoms with van der Waals surface area (Å²) >= 11 is 0. The second-order valence-electron chi connectivity index (χ2n) is 5.63. The Bertz CT molecular complexity index is 672. The Labute approximate surface area is 123 Å². The maximum Gasteiger partial charge on any atom is 0.335 e. The maximum atomic E-state index is 11.0. The molecule has 1 aliphatic carbocycles. The molecular formula is C16H18N2O3. The highest BCUT2D eigenvalue weighted by Gasteiger charge is 2.24. The molecule has 1 N–H and O–H groups in total. The molecule has 5 heteroatoms. The van der Waals surface area contributed by atoms with Crippen LogP contribution < -0.4 is 4.74 Å². The first-order chi connectivity index (χ1) is 10.1. The van der Waals surface area contributed by atoms with Gasteiger partial charge >= 0.3 is 5.97 Å². The van der Waals surface area contributed by atoms with E-state index in [-0.39, 0.29) is 11.7 Å². The fraction of sp³-hybridized carbons (Fsp3) is 0.438. The lowest BCUT2D eigenvalue weighted by atomic mass is 9.88. The van der Waals surface area contributed by atoms with Gasteiger partial charge < -0.3 is 9.84 Å². The van der Waals surface area contributed by atoms with Gasteiger partial charge in [-0.2, -0.15) is 0 Å². The molecule has 0 amide bonds. The Kier molecular flexibility index (Phi) is 3.73. The number of aromatic nitrogens is 2. The van der Waals surface area contributed by atoms with Crippen LogP contribution in [0.4, 0.5) is 0 Å². The minimum absolute atomic E-state index is 0.177. The second kappa shape index (κ2) is 5.68. The first-order valence-electron chi connectivity index (χ1n) is 7.30. The molecule has 1 aromatic carbocycles. The smallest absolute Gasteiger partial charge is 0.335 e. The van der Waals surface area contributed by atoms with Gasteiger partial charge in [0.1, 0.15) is 12.4 Å². The van der Waals surface area contributed by atoms with E-state index in [4.69, 9.17) is 9.84 Å². The summed E-state index contributed by atoms with van der Waals surface area (Å²) in [5.41, 5.74) is 0.821. The normalized spacial score (nSPS) is 22.1. The van der Waals surface area contributed by atoms with E-state index in [0.29, 0.717) is 17.3 Å². The van der Waals surface area contributed by atoms with Gasteiger partial charge in [-0.1, -0.05) is 13.3 Å². The first-order valence-corrected chi connectivity index (χ1v) is 7.30. The zero-order valence-corrected chi connectivity index (χ0v) is 12.0. The van der Waals surface area contributed by atoms with Crippen molar-refractivity contribution in [1.82, 2.24) is 9.97 Å². The molecule has 1 heterocycles. The van der Waals surface area contributed by atoms with Crippen LogP contribution in [0.25, 0.3) is 10.9 Å². The monoisotopic (exact) mass is 286 g/mol. The molecule has 2 aromatic rings. The van der Waals surface area contributed by atoms with Crippen LogP contribution in [0.3, 0.4) is 0 Å². The summed E-state index contributed by atoms with van der Waals surface area (Å²) < 4.78 is 6.08. The predicted octanol–water partition coefficient (Wildman–Crippen LogP) is 3.29. The van der Waals surface area contributed by atoms with Crippen molar-refractivity contribution in [2.24, 2.45) is 5.92 Å². The van der Waals surface area contributed by atoms with E-state index >= 15 is 0 Å². The molecule has 0 saturated heterocycles. The third-order valence-electron chi connectivity index (χ3n) is 4.14. The highest BCUT2D eigenvalue weighted by molar-refractivity contribution is 5.94. The minimum Gasteiger partial charge on any atom is -0.478 e. The lowest BCUT2D eigenvalue weighted by Gasteiger charge is -2.29. The highest BCUT2D eigenvalue weighted by Crippen LogP contribution is 2.30. The van der Waals surface area contributed by atoms with Crippen molar-refractivity contribution >= 4 is 16.9 Å². The Morgan fingerprint density at radius 1 is 1.29 bits per heavy atom. The van der Waals surface area contributed by atoms with E-state index < -0.39 is 5.97 Å². The Morgan fingerprint density at radius 2 is 2.10 bits per heavy atom. The number of carboxylic acid groups (broad SMARTS) is 1. The van der Waals surface area contributed by atoms with Crippen molar-refractivity contribution in [3.8, 4) is 5.88 Å². The number of aromatic carboxylic acids is 1. The third-order valence-corrected chi connectivity index (χ3v) is 4.14. The molecule has 1 fully saturated rings. The number of hydrogen-bond acceptors (Lipinski definition) is 4. The molecule has 110 valence electrons. The van der Waals surface area contributed by atoms with Crippen molar-refractivity contribution in [3.05, 3.63) is 30.1 Å². The number of benzene rings is 1. The molecule has 2 atom stereocenters. The standard InChI is InChI=1S/C16H18N2O3/c1-10-4-2-3-5-14(10)21-15-12-7-6-11(16(19)20)8-13(12)17-9-18-15/h6-10,14H,2-5H2,1H3,(H,19,20). The van der Waals surface area contributed by atoms with Gasteiger partial charge in [-0.3, -0.25) is 0 Å². The number of ether oxygens (including phenoxy) is 1. The van der Waals surface area contributed by atoms with Crippen LogP contribution in [0.2, 0.25) is 0 Å². The quantitative estimate of drug-likeness (QED) is 0.937. The summed E-state index contributed by atoms with van der Waals surface area (Å²) in [5, 5.41) is 9.80.